The second kappa shape index (κ2) is 10.3. The van der Waals surface area contributed by atoms with Crippen LogP contribution in [-0.4, -0.2) is 53.7 Å². The SMILES string of the molecule is C=CCN1C(=O)c2ccc(C(=O)OCC(=O)Nc3ccccc3C(=O)NC3CCCC3)cc2C1=O. The number of anilines is 1. The van der Waals surface area contributed by atoms with Crippen LogP contribution in [0.1, 0.15) is 67.1 Å². The summed E-state index contributed by atoms with van der Waals surface area (Å²) in [4.78, 5) is 63.3. The highest BCUT2D eigenvalue weighted by atomic mass is 16.5. The van der Waals surface area contributed by atoms with Crippen LogP contribution in [0, 0.1) is 0 Å². The van der Waals surface area contributed by atoms with Crippen LogP contribution >= 0.6 is 0 Å². The van der Waals surface area contributed by atoms with Crippen molar-refractivity contribution in [1.29, 1.82) is 0 Å². The Labute approximate surface area is 202 Å². The number of carbonyl (C=O) groups excluding carboxylic acids is 5. The van der Waals surface area contributed by atoms with E-state index in [-0.39, 0.29) is 35.2 Å². The number of nitrogens with one attached hydrogen (secondary N) is 2. The average Bonchev–Trinajstić information content (AvgIpc) is 3.45. The van der Waals surface area contributed by atoms with Gasteiger partial charge in [0.05, 0.1) is 27.9 Å². The highest BCUT2D eigenvalue weighted by Gasteiger charge is 2.35. The Morgan fingerprint density at radius 1 is 1.03 bits per heavy atom. The number of amides is 4. The number of hydrogen-bond donors (Lipinski definition) is 2. The van der Waals surface area contributed by atoms with E-state index in [0.717, 1.165) is 30.6 Å². The highest BCUT2D eigenvalue weighted by Crippen LogP contribution is 2.24. The van der Waals surface area contributed by atoms with Gasteiger partial charge >= 0.3 is 5.97 Å². The molecule has 0 spiro atoms. The normalized spacial score (nSPS) is 15.0. The molecule has 35 heavy (non-hydrogen) atoms. The van der Waals surface area contributed by atoms with Crippen molar-refractivity contribution >= 4 is 35.3 Å². The van der Waals surface area contributed by atoms with Crippen LogP contribution in [0.4, 0.5) is 5.69 Å². The van der Waals surface area contributed by atoms with Crippen molar-refractivity contribution in [2.24, 2.45) is 0 Å². The quantitative estimate of drug-likeness (QED) is 0.344. The zero-order valence-corrected chi connectivity index (χ0v) is 19.0. The number of imide groups is 1. The lowest BCUT2D eigenvalue weighted by molar-refractivity contribution is -0.119. The maximum absolute atomic E-state index is 12.7. The Bertz CT molecular complexity index is 1220. The van der Waals surface area contributed by atoms with Crippen molar-refractivity contribution in [3.8, 4) is 0 Å². The van der Waals surface area contributed by atoms with Crippen LogP contribution in [0.2, 0.25) is 0 Å². The van der Waals surface area contributed by atoms with Gasteiger partial charge in [-0.25, -0.2) is 4.79 Å². The van der Waals surface area contributed by atoms with Gasteiger partial charge in [0.15, 0.2) is 6.61 Å². The van der Waals surface area contributed by atoms with Gasteiger partial charge in [0.2, 0.25) is 0 Å². The summed E-state index contributed by atoms with van der Waals surface area (Å²) in [6.45, 7) is 3.00. The molecule has 180 valence electrons. The molecule has 0 aromatic heterocycles. The smallest absolute Gasteiger partial charge is 0.338 e. The molecule has 2 aromatic carbocycles. The van der Waals surface area contributed by atoms with Crippen molar-refractivity contribution in [3.05, 3.63) is 77.4 Å². The third-order valence-corrected chi connectivity index (χ3v) is 5.99. The number of benzene rings is 2. The lowest BCUT2D eigenvalue weighted by atomic mass is 10.1. The third kappa shape index (κ3) is 5.13. The first-order valence-electron chi connectivity index (χ1n) is 11.4. The molecule has 9 heteroatoms. The molecule has 1 fully saturated rings. The summed E-state index contributed by atoms with van der Waals surface area (Å²) in [6.07, 6.45) is 5.47. The molecule has 9 nitrogen and oxygen atoms in total. The van der Waals surface area contributed by atoms with Crippen molar-refractivity contribution < 1.29 is 28.7 Å². The first-order valence-corrected chi connectivity index (χ1v) is 11.4. The number of para-hydroxylation sites is 1. The molecule has 4 amide bonds. The summed E-state index contributed by atoms with van der Waals surface area (Å²) in [6, 6.07) is 10.8. The number of carbonyl (C=O) groups is 5. The predicted octanol–water partition coefficient (Wildman–Crippen LogP) is 2.94. The van der Waals surface area contributed by atoms with Crippen molar-refractivity contribution in [2.75, 3.05) is 18.5 Å². The van der Waals surface area contributed by atoms with E-state index in [1.807, 2.05) is 0 Å². The van der Waals surface area contributed by atoms with Gasteiger partial charge in [0, 0.05) is 12.6 Å². The van der Waals surface area contributed by atoms with Gasteiger partial charge in [0.1, 0.15) is 0 Å². The van der Waals surface area contributed by atoms with E-state index in [0.29, 0.717) is 11.3 Å². The number of rotatable bonds is 8. The lowest BCUT2D eigenvalue weighted by Gasteiger charge is -2.15. The number of hydrogen-bond acceptors (Lipinski definition) is 6. The van der Waals surface area contributed by atoms with E-state index in [1.54, 1.807) is 24.3 Å². The largest absolute Gasteiger partial charge is 0.452 e. The molecule has 1 heterocycles. The van der Waals surface area contributed by atoms with Gasteiger partial charge in [-0.15, -0.1) is 6.58 Å². The summed E-state index contributed by atoms with van der Waals surface area (Å²) >= 11 is 0. The van der Waals surface area contributed by atoms with Gasteiger partial charge in [-0.2, -0.15) is 0 Å². The van der Waals surface area contributed by atoms with Crippen molar-refractivity contribution in [2.45, 2.75) is 31.7 Å². The first kappa shape index (κ1) is 23.9. The van der Waals surface area contributed by atoms with Gasteiger partial charge < -0.3 is 15.4 Å². The minimum Gasteiger partial charge on any atom is -0.452 e. The van der Waals surface area contributed by atoms with E-state index < -0.39 is 30.3 Å². The molecular weight excluding hydrogens is 450 g/mol. The summed E-state index contributed by atoms with van der Waals surface area (Å²) < 4.78 is 5.09. The molecule has 2 aromatic rings. The minimum absolute atomic E-state index is 0.0366. The van der Waals surface area contributed by atoms with E-state index in [1.165, 1.54) is 24.3 Å². The number of fused-ring (bicyclic) bond motifs is 1. The van der Waals surface area contributed by atoms with E-state index >= 15 is 0 Å². The van der Waals surface area contributed by atoms with Crippen LogP contribution in [0.15, 0.2) is 55.1 Å². The van der Waals surface area contributed by atoms with Crippen LogP contribution in [0.3, 0.4) is 0 Å². The fourth-order valence-corrected chi connectivity index (χ4v) is 4.24. The van der Waals surface area contributed by atoms with Gasteiger partial charge in [0.25, 0.3) is 23.6 Å². The fraction of sp³-hybridized carbons (Fsp3) is 0.269. The fourth-order valence-electron chi connectivity index (χ4n) is 4.24. The van der Waals surface area contributed by atoms with Crippen LogP contribution in [-0.2, 0) is 9.53 Å². The van der Waals surface area contributed by atoms with Gasteiger partial charge in [-0.3, -0.25) is 24.1 Å². The average molecular weight is 476 g/mol. The molecule has 1 aliphatic carbocycles. The zero-order valence-electron chi connectivity index (χ0n) is 19.0. The van der Waals surface area contributed by atoms with E-state index in [9.17, 15) is 24.0 Å². The summed E-state index contributed by atoms with van der Waals surface area (Å²) in [5, 5.41) is 5.59. The van der Waals surface area contributed by atoms with Crippen LogP contribution in [0.5, 0.6) is 0 Å². The van der Waals surface area contributed by atoms with E-state index in [4.69, 9.17) is 4.74 Å². The Balaban J connectivity index is 1.37. The number of ether oxygens (including phenoxy) is 1. The Hall–Kier alpha value is -4.27. The van der Waals surface area contributed by atoms with Crippen molar-refractivity contribution in [3.63, 3.8) is 0 Å². The minimum atomic E-state index is -0.822. The van der Waals surface area contributed by atoms with E-state index in [2.05, 4.69) is 17.2 Å². The molecule has 0 radical (unpaired) electrons. The number of nitrogens with zero attached hydrogens (tertiary/aromatic N) is 1. The zero-order chi connectivity index (χ0) is 24.9. The standard InChI is InChI=1S/C26H25N3O6/c1-2-13-29-24(32)18-12-11-16(14-20(18)25(29)33)26(34)35-15-22(30)28-21-10-6-5-9-19(21)23(31)27-17-7-3-4-8-17/h2,5-6,9-12,14,17H,1,3-4,7-8,13,15H2,(H,27,31)(H,28,30). The van der Waals surface area contributed by atoms with Crippen LogP contribution in [0.25, 0.3) is 0 Å². The molecule has 1 aliphatic heterocycles. The molecule has 0 bridgehead atoms. The molecule has 2 N–H and O–H groups in total. The van der Waals surface area contributed by atoms with Crippen molar-refractivity contribution in [1.82, 2.24) is 10.2 Å². The second-order valence-corrected chi connectivity index (χ2v) is 8.39. The predicted molar refractivity (Wildman–Crippen MR) is 127 cm³/mol. The summed E-state index contributed by atoms with van der Waals surface area (Å²) in [5.74, 6) is -2.70. The number of esters is 1. The Kier molecular flexibility index (Phi) is 7.05. The Morgan fingerprint density at radius 2 is 1.74 bits per heavy atom. The Morgan fingerprint density at radius 3 is 2.49 bits per heavy atom. The maximum atomic E-state index is 12.7. The van der Waals surface area contributed by atoms with Crippen LogP contribution < -0.4 is 10.6 Å². The molecule has 4 rings (SSSR count). The summed E-state index contributed by atoms with van der Waals surface area (Å²) in [7, 11) is 0. The molecule has 0 unspecified atom stereocenters. The molecule has 1 saturated carbocycles. The molecular formula is C26H25N3O6. The monoisotopic (exact) mass is 475 g/mol. The maximum Gasteiger partial charge on any atom is 0.338 e. The lowest BCUT2D eigenvalue weighted by Crippen LogP contribution is -2.33. The molecule has 2 aliphatic rings. The molecule has 0 saturated heterocycles. The highest BCUT2D eigenvalue weighted by molar-refractivity contribution is 6.22. The second-order valence-electron chi connectivity index (χ2n) is 8.39. The topological polar surface area (TPSA) is 122 Å². The summed E-state index contributed by atoms with van der Waals surface area (Å²) in [5.41, 5.74) is 0.962. The molecule has 0 atom stereocenters. The van der Waals surface area contributed by atoms with Gasteiger partial charge in [-0.05, 0) is 43.2 Å². The first-order chi connectivity index (χ1) is 16.9. The third-order valence-electron chi connectivity index (χ3n) is 5.99. The van der Waals surface area contributed by atoms with Gasteiger partial charge in [-0.1, -0.05) is 31.1 Å².